The molecule has 0 fully saturated rings. The Morgan fingerprint density at radius 2 is 1.80 bits per heavy atom. The molecule has 0 unspecified atom stereocenters. The smallest absolute Gasteiger partial charge is 0.226 e. The normalized spacial score (nSPS) is 14.5. The molecule has 0 aromatic rings. The van der Waals surface area contributed by atoms with Gasteiger partial charge in [-0.3, -0.25) is 4.79 Å². The van der Waals surface area contributed by atoms with Crippen LogP contribution in [-0.4, -0.2) is 10.1 Å². The zero-order valence-corrected chi connectivity index (χ0v) is 8.02. The van der Waals surface area contributed by atoms with E-state index in [-0.39, 0.29) is 10.6 Å². The second kappa shape index (κ2) is 3.82. The summed E-state index contributed by atoms with van der Waals surface area (Å²) in [4.78, 5) is 10.1. The van der Waals surface area contributed by atoms with E-state index in [4.69, 9.17) is 46.4 Å². The van der Waals surface area contributed by atoms with Gasteiger partial charge in [-0.05, 0) is 6.92 Å². The maximum absolute atomic E-state index is 10.1. The number of hydrogen-bond donors (Lipinski definition) is 0. The molecule has 0 saturated carbocycles. The van der Waals surface area contributed by atoms with Crippen LogP contribution >= 0.6 is 46.4 Å². The third-order valence-corrected chi connectivity index (χ3v) is 2.21. The number of allylic oxidation sites excluding steroid dienone is 2. The molecular weight excluding hydrogens is 218 g/mol. The van der Waals surface area contributed by atoms with Crippen LogP contribution in [0.3, 0.4) is 0 Å². The molecule has 58 valence electrons. The second-order valence-electron chi connectivity index (χ2n) is 1.61. The summed E-state index contributed by atoms with van der Waals surface area (Å²) in [5, 5.41) is -0.0625. The van der Waals surface area contributed by atoms with Gasteiger partial charge in [0.25, 0.3) is 0 Å². The summed E-state index contributed by atoms with van der Waals surface area (Å²) in [6.45, 7) is 1.47. The fraction of sp³-hybridized carbons (Fsp3) is 0.400. The van der Waals surface area contributed by atoms with Crippen molar-refractivity contribution in [2.24, 2.45) is 0 Å². The molecule has 0 bridgehead atoms. The summed E-state index contributed by atoms with van der Waals surface area (Å²) in [6.07, 6.45) is 0.532. The van der Waals surface area contributed by atoms with Crippen molar-refractivity contribution in [1.29, 1.82) is 0 Å². The lowest BCUT2D eigenvalue weighted by atomic mass is 10.3. The van der Waals surface area contributed by atoms with Crippen molar-refractivity contribution in [3.8, 4) is 0 Å². The molecule has 5 heteroatoms. The van der Waals surface area contributed by atoms with Gasteiger partial charge in [0.05, 0.1) is 5.03 Å². The first-order valence-corrected chi connectivity index (χ1v) is 3.79. The standard InChI is InChI=1S/C5H4Cl4O/c1-3(2-10)4(6)5(7,8)9/h2H,1H3/b4-3-. The molecule has 0 aliphatic heterocycles. The zero-order valence-electron chi connectivity index (χ0n) is 5.00. The van der Waals surface area contributed by atoms with Crippen molar-refractivity contribution < 1.29 is 4.79 Å². The first-order chi connectivity index (χ1) is 4.39. The molecule has 0 N–H and O–H groups in total. The minimum absolute atomic E-state index is 0.0625. The fourth-order valence-corrected chi connectivity index (χ4v) is 0.767. The Balaban J connectivity index is 4.63. The summed E-state index contributed by atoms with van der Waals surface area (Å²) in [5.41, 5.74) is 0.224. The van der Waals surface area contributed by atoms with Crippen molar-refractivity contribution in [2.75, 3.05) is 0 Å². The number of hydrogen-bond acceptors (Lipinski definition) is 1. The van der Waals surface area contributed by atoms with Gasteiger partial charge in [-0.2, -0.15) is 0 Å². The van der Waals surface area contributed by atoms with Gasteiger partial charge in [-0.1, -0.05) is 46.4 Å². The van der Waals surface area contributed by atoms with Crippen molar-refractivity contribution in [1.82, 2.24) is 0 Å². The molecule has 1 nitrogen and oxygen atoms in total. The summed E-state index contributed by atoms with van der Waals surface area (Å²) < 4.78 is -1.69. The van der Waals surface area contributed by atoms with E-state index in [0.29, 0.717) is 6.29 Å². The monoisotopic (exact) mass is 220 g/mol. The van der Waals surface area contributed by atoms with Crippen molar-refractivity contribution in [3.63, 3.8) is 0 Å². The Kier molecular flexibility index (Phi) is 4.03. The molecule has 0 amide bonds. The molecule has 0 rings (SSSR count). The van der Waals surface area contributed by atoms with Gasteiger partial charge in [0, 0.05) is 5.57 Å². The molecule has 0 aliphatic carbocycles. The maximum atomic E-state index is 10.1. The number of aldehydes is 1. The van der Waals surface area contributed by atoms with Crippen LogP contribution in [0.5, 0.6) is 0 Å². The number of halogens is 4. The van der Waals surface area contributed by atoms with Crippen LogP contribution in [-0.2, 0) is 4.79 Å². The summed E-state index contributed by atoms with van der Waals surface area (Å²) in [7, 11) is 0. The van der Waals surface area contributed by atoms with E-state index in [0.717, 1.165) is 0 Å². The molecule has 0 saturated heterocycles. The van der Waals surface area contributed by atoms with E-state index >= 15 is 0 Å². The molecule has 0 atom stereocenters. The average molecular weight is 222 g/mol. The Hall–Kier alpha value is 0.570. The van der Waals surface area contributed by atoms with E-state index in [1.807, 2.05) is 0 Å². The highest BCUT2D eigenvalue weighted by Crippen LogP contribution is 2.38. The van der Waals surface area contributed by atoms with Crippen molar-refractivity contribution in [3.05, 3.63) is 10.6 Å². The predicted molar refractivity (Wildman–Crippen MR) is 44.9 cm³/mol. The Morgan fingerprint density at radius 3 is 1.90 bits per heavy atom. The van der Waals surface area contributed by atoms with Gasteiger partial charge >= 0.3 is 0 Å². The molecule has 0 spiro atoms. The van der Waals surface area contributed by atoms with Crippen LogP contribution < -0.4 is 0 Å². The van der Waals surface area contributed by atoms with Gasteiger partial charge in [-0.15, -0.1) is 0 Å². The van der Waals surface area contributed by atoms with Crippen molar-refractivity contribution >= 4 is 52.7 Å². The van der Waals surface area contributed by atoms with Crippen LogP contribution in [0, 0.1) is 0 Å². The molecule has 0 aliphatic rings. The number of alkyl halides is 3. The van der Waals surface area contributed by atoms with Crippen LogP contribution in [0.15, 0.2) is 10.6 Å². The third kappa shape index (κ3) is 3.11. The number of carbonyl (C=O) groups is 1. The lowest BCUT2D eigenvalue weighted by molar-refractivity contribution is -0.104. The first-order valence-electron chi connectivity index (χ1n) is 2.28. The van der Waals surface area contributed by atoms with E-state index < -0.39 is 3.79 Å². The van der Waals surface area contributed by atoms with Crippen LogP contribution in [0.1, 0.15) is 6.92 Å². The zero-order chi connectivity index (χ0) is 8.36. The van der Waals surface area contributed by atoms with Gasteiger partial charge in [-0.25, -0.2) is 0 Å². The second-order valence-corrected chi connectivity index (χ2v) is 4.27. The fourth-order valence-electron chi connectivity index (χ4n) is 0.275. The van der Waals surface area contributed by atoms with E-state index in [2.05, 4.69) is 0 Å². The Morgan fingerprint density at radius 1 is 1.40 bits per heavy atom. The highest BCUT2D eigenvalue weighted by molar-refractivity contribution is 6.73. The van der Waals surface area contributed by atoms with Crippen LogP contribution in [0.25, 0.3) is 0 Å². The topological polar surface area (TPSA) is 17.1 Å². The highest BCUT2D eigenvalue weighted by atomic mass is 35.6. The van der Waals surface area contributed by atoms with Crippen LogP contribution in [0.4, 0.5) is 0 Å². The summed E-state index contributed by atoms with van der Waals surface area (Å²) in [5.74, 6) is 0. The third-order valence-electron chi connectivity index (χ3n) is 0.772. The van der Waals surface area contributed by atoms with E-state index in [1.165, 1.54) is 6.92 Å². The van der Waals surface area contributed by atoms with Gasteiger partial charge in [0.15, 0.2) is 0 Å². The molecule has 0 radical (unpaired) electrons. The van der Waals surface area contributed by atoms with E-state index in [1.54, 1.807) is 0 Å². The minimum atomic E-state index is -1.69. The first kappa shape index (κ1) is 10.6. The Labute approximate surface area is 78.9 Å². The maximum Gasteiger partial charge on any atom is 0.226 e. The largest absolute Gasteiger partial charge is 0.298 e. The molecular formula is C5H4Cl4O. The predicted octanol–water partition coefficient (Wildman–Crippen LogP) is 3.07. The molecule has 0 aromatic carbocycles. The quantitative estimate of drug-likeness (QED) is 0.378. The lowest BCUT2D eigenvalue weighted by Crippen LogP contribution is -2.04. The van der Waals surface area contributed by atoms with Gasteiger partial charge in [0.2, 0.25) is 3.79 Å². The van der Waals surface area contributed by atoms with Crippen molar-refractivity contribution in [2.45, 2.75) is 10.7 Å². The molecule has 10 heavy (non-hydrogen) atoms. The van der Waals surface area contributed by atoms with E-state index in [9.17, 15) is 4.79 Å². The SMILES string of the molecule is C/C(C=O)=C(/Cl)C(Cl)(Cl)Cl. The Bertz CT molecular complexity index is 167. The molecule has 0 heterocycles. The minimum Gasteiger partial charge on any atom is -0.298 e. The average Bonchev–Trinajstić information content (AvgIpc) is 1.83. The highest BCUT2D eigenvalue weighted by Gasteiger charge is 2.26. The van der Waals surface area contributed by atoms with Gasteiger partial charge in [0.1, 0.15) is 6.29 Å². The molecule has 0 aromatic heterocycles. The lowest BCUT2D eigenvalue weighted by Gasteiger charge is -2.09. The van der Waals surface area contributed by atoms with Crippen LogP contribution in [0.2, 0.25) is 0 Å². The number of rotatable bonds is 1. The van der Waals surface area contributed by atoms with Gasteiger partial charge < -0.3 is 0 Å². The number of carbonyl (C=O) groups excluding carboxylic acids is 1. The summed E-state index contributed by atoms with van der Waals surface area (Å²) in [6, 6.07) is 0. The summed E-state index contributed by atoms with van der Waals surface area (Å²) >= 11 is 21.5.